The number of aromatic amines is 1. The summed E-state index contributed by atoms with van der Waals surface area (Å²) in [7, 11) is 0. The van der Waals surface area contributed by atoms with E-state index >= 15 is 0 Å². The van der Waals surface area contributed by atoms with Crippen LogP contribution in [0.25, 0.3) is 0 Å². The van der Waals surface area contributed by atoms with Crippen LogP contribution in [-0.4, -0.2) is 14.8 Å². The van der Waals surface area contributed by atoms with E-state index in [0.29, 0.717) is 16.6 Å². The van der Waals surface area contributed by atoms with Gasteiger partial charge in [0.25, 0.3) is 0 Å². The van der Waals surface area contributed by atoms with Crippen molar-refractivity contribution >= 4 is 11.8 Å². The van der Waals surface area contributed by atoms with Crippen LogP contribution in [0.1, 0.15) is 31.9 Å². The molecule has 0 radical (unpaired) electrons. The molecule has 5 nitrogen and oxygen atoms in total. The molecule has 0 saturated heterocycles. The van der Waals surface area contributed by atoms with E-state index in [1.165, 1.54) is 10.6 Å². The Labute approximate surface area is 120 Å². The molecule has 1 heterocycles. The number of hydrogen-bond donors (Lipinski definition) is 2. The standard InChI is InChI=1S/C13H17FN4OS/c1-3-6-18-12(19)16-17-13(18)20-11-5-4-9(8(2)15)7-10(11)14/h4-5,7-8H,3,6,15H2,1-2H3,(H,16,19). The van der Waals surface area contributed by atoms with Gasteiger partial charge in [-0.2, -0.15) is 0 Å². The van der Waals surface area contributed by atoms with Crippen molar-refractivity contribution in [2.24, 2.45) is 5.73 Å². The van der Waals surface area contributed by atoms with Crippen LogP contribution < -0.4 is 11.4 Å². The van der Waals surface area contributed by atoms with Gasteiger partial charge < -0.3 is 5.73 Å². The van der Waals surface area contributed by atoms with Crippen LogP contribution in [0.3, 0.4) is 0 Å². The van der Waals surface area contributed by atoms with Gasteiger partial charge in [-0.3, -0.25) is 4.57 Å². The van der Waals surface area contributed by atoms with E-state index < -0.39 is 0 Å². The molecule has 2 aromatic rings. The first-order chi connectivity index (χ1) is 9.52. The van der Waals surface area contributed by atoms with Crippen LogP contribution in [-0.2, 0) is 6.54 Å². The predicted molar refractivity (Wildman–Crippen MR) is 76.3 cm³/mol. The zero-order valence-corrected chi connectivity index (χ0v) is 12.2. The van der Waals surface area contributed by atoms with Crippen molar-refractivity contribution in [3.05, 3.63) is 40.1 Å². The second-order valence-corrected chi connectivity index (χ2v) is 5.55. The molecule has 7 heteroatoms. The minimum absolute atomic E-state index is 0.216. The third kappa shape index (κ3) is 3.10. The molecule has 2 rings (SSSR count). The van der Waals surface area contributed by atoms with E-state index in [2.05, 4.69) is 10.2 Å². The van der Waals surface area contributed by atoms with Crippen molar-refractivity contribution in [3.63, 3.8) is 0 Å². The highest BCUT2D eigenvalue weighted by Gasteiger charge is 2.13. The summed E-state index contributed by atoms with van der Waals surface area (Å²) in [4.78, 5) is 12.0. The number of halogens is 1. The Hall–Kier alpha value is -1.60. The number of nitrogens with zero attached hydrogens (tertiary/aromatic N) is 2. The molecule has 1 aromatic carbocycles. The molecule has 20 heavy (non-hydrogen) atoms. The molecule has 1 unspecified atom stereocenters. The third-order valence-corrected chi connectivity index (χ3v) is 3.90. The third-order valence-electron chi connectivity index (χ3n) is 2.85. The van der Waals surface area contributed by atoms with Crippen molar-refractivity contribution in [3.8, 4) is 0 Å². The van der Waals surface area contributed by atoms with E-state index in [4.69, 9.17) is 5.73 Å². The zero-order valence-electron chi connectivity index (χ0n) is 11.4. The molecule has 0 spiro atoms. The van der Waals surface area contributed by atoms with Crippen LogP contribution in [0.15, 0.2) is 33.0 Å². The van der Waals surface area contributed by atoms with Gasteiger partial charge in [0.05, 0.1) is 4.90 Å². The summed E-state index contributed by atoms with van der Waals surface area (Å²) in [6.07, 6.45) is 0.805. The van der Waals surface area contributed by atoms with Crippen molar-refractivity contribution in [1.29, 1.82) is 0 Å². The summed E-state index contributed by atoms with van der Waals surface area (Å²) in [6, 6.07) is 4.65. The fourth-order valence-corrected chi connectivity index (χ4v) is 2.65. The van der Waals surface area contributed by atoms with E-state index in [1.807, 2.05) is 6.92 Å². The molecular formula is C13H17FN4OS. The van der Waals surface area contributed by atoms with Gasteiger partial charge in [-0.25, -0.2) is 14.3 Å². The van der Waals surface area contributed by atoms with Crippen molar-refractivity contribution in [2.75, 3.05) is 0 Å². The number of benzene rings is 1. The Morgan fingerprint density at radius 1 is 1.55 bits per heavy atom. The highest BCUT2D eigenvalue weighted by Crippen LogP contribution is 2.29. The Bertz CT molecular complexity index is 650. The first-order valence-electron chi connectivity index (χ1n) is 6.41. The van der Waals surface area contributed by atoms with Crippen molar-refractivity contribution in [1.82, 2.24) is 14.8 Å². The molecule has 1 atom stereocenters. The number of rotatable bonds is 5. The maximum Gasteiger partial charge on any atom is 0.343 e. The lowest BCUT2D eigenvalue weighted by Gasteiger charge is -2.08. The second-order valence-electron chi connectivity index (χ2n) is 4.54. The van der Waals surface area contributed by atoms with E-state index in [-0.39, 0.29) is 17.5 Å². The molecule has 1 aromatic heterocycles. The highest BCUT2D eigenvalue weighted by molar-refractivity contribution is 7.99. The van der Waals surface area contributed by atoms with Crippen LogP contribution in [0, 0.1) is 5.82 Å². The molecule has 0 bridgehead atoms. The molecule has 108 valence electrons. The van der Waals surface area contributed by atoms with Crippen molar-refractivity contribution in [2.45, 2.75) is 42.9 Å². The van der Waals surface area contributed by atoms with E-state index in [9.17, 15) is 9.18 Å². The number of hydrogen-bond acceptors (Lipinski definition) is 4. The van der Waals surface area contributed by atoms with E-state index in [0.717, 1.165) is 23.7 Å². The Balaban J connectivity index is 2.28. The van der Waals surface area contributed by atoms with Gasteiger partial charge in [0.15, 0.2) is 5.16 Å². The normalized spacial score (nSPS) is 12.6. The van der Waals surface area contributed by atoms with Gasteiger partial charge in [-0.15, -0.1) is 5.10 Å². The fraction of sp³-hybridized carbons (Fsp3) is 0.385. The lowest BCUT2D eigenvalue weighted by atomic mass is 10.1. The maximum atomic E-state index is 14.0. The molecule has 0 aliphatic heterocycles. The largest absolute Gasteiger partial charge is 0.343 e. The minimum Gasteiger partial charge on any atom is -0.324 e. The molecular weight excluding hydrogens is 279 g/mol. The monoisotopic (exact) mass is 296 g/mol. The average Bonchev–Trinajstić information content (AvgIpc) is 2.74. The zero-order chi connectivity index (χ0) is 14.7. The number of nitrogens with one attached hydrogen (secondary N) is 1. The first kappa shape index (κ1) is 14.8. The average molecular weight is 296 g/mol. The van der Waals surface area contributed by atoms with Crippen LogP contribution in [0.2, 0.25) is 0 Å². The van der Waals surface area contributed by atoms with Gasteiger partial charge in [-0.05, 0) is 42.8 Å². The van der Waals surface area contributed by atoms with Crippen LogP contribution in [0.5, 0.6) is 0 Å². The lowest BCUT2D eigenvalue weighted by molar-refractivity contribution is 0.590. The highest BCUT2D eigenvalue weighted by atomic mass is 32.2. The van der Waals surface area contributed by atoms with Gasteiger partial charge in [0, 0.05) is 12.6 Å². The van der Waals surface area contributed by atoms with Crippen LogP contribution >= 0.6 is 11.8 Å². The summed E-state index contributed by atoms with van der Waals surface area (Å²) in [6.45, 7) is 4.32. The Morgan fingerprint density at radius 2 is 2.30 bits per heavy atom. The SMILES string of the molecule is CCCn1c(Sc2ccc(C(C)N)cc2F)n[nH]c1=O. The minimum atomic E-state index is -0.358. The Kier molecular flexibility index (Phi) is 4.61. The summed E-state index contributed by atoms with van der Waals surface area (Å²) in [5, 5.41) is 6.77. The first-order valence-corrected chi connectivity index (χ1v) is 7.22. The number of nitrogens with two attached hydrogens (primary N) is 1. The smallest absolute Gasteiger partial charge is 0.324 e. The Morgan fingerprint density at radius 3 is 2.90 bits per heavy atom. The summed E-state index contributed by atoms with van der Waals surface area (Å²) in [5.41, 5.74) is 6.18. The van der Waals surface area contributed by atoms with Gasteiger partial charge in [0.1, 0.15) is 5.82 Å². The topological polar surface area (TPSA) is 76.7 Å². The number of aromatic nitrogens is 3. The van der Waals surface area contributed by atoms with E-state index in [1.54, 1.807) is 19.1 Å². The van der Waals surface area contributed by atoms with Crippen molar-refractivity contribution < 1.29 is 4.39 Å². The summed E-state index contributed by atoms with van der Waals surface area (Å²) < 4.78 is 15.5. The fourth-order valence-electron chi connectivity index (χ4n) is 1.78. The maximum absolute atomic E-state index is 14.0. The van der Waals surface area contributed by atoms with Gasteiger partial charge in [-0.1, -0.05) is 13.0 Å². The van der Waals surface area contributed by atoms with Gasteiger partial charge >= 0.3 is 5.69 Å². The molecule has 0 aliphatic carbocycles. The predicted octanol–water partition coefficient (Wildman–Crippen LogP) is 2.29. The summed E-state index contributed by atoms with van der Waals surface area (Å²) in [5.74, 6) is -0.358. The second kappa shape index (κ2) is 6.23. The molecule has 0 fully saturated rings. The quantitative estimate of drug-likeness (QED) is 0.887. The number of H-pyrrole nitrogens is 1. The molecule has 0 amide bonds. The lowest BCUT2D eigenvalue weighted by Crippen LogP contribution is -2.17. The van der Waals surface area contributed by atoms with Gasteiger partial charge in [0.2, 0.25) is 0 Å². The van der Waals surface area contributed by atoms with Crippen LogP contribution in [0.4, 0.5) is 4.39 Å². The molecule has 0 aliphatic rings. The molecule has 3 N–H and O–H groups in total. The molecule has 0 saturated carbocycles. The summed E-state index contributed by atoms with van der Waals surface area (Å²) >= 11 is 1.13.